The van der Waals surface area contributed by atoms with Crippen molar-refractivity contribution in [1.29, 1.82) is 0 Å². The van der Waals surface area contributed by atoms with Crippen LogP contribution >= 0.6 is 0 Å². The Hall–Kier alpha value is -1.49. The second-order valence-corrected chi connectivity index (χ2v) is 4.78. The molecule has 0 aliphatic carbocycles. The Morgan fingerprint density at radius 1 is 1.39 bits per heavy atom. The molecule has 0 atom stereocenters. The normalized spacial score (nSPS) is 11.6. The summed E-state index contributed by atoms with van der Waals surface area (Å²) >= 11 is 0. The maximum Gasteiger partial charge on any atom is 0.304 e. The molecule has 0 radical (unpaired) electrons. The zero-order chi connectivity index (χ0) is 13.9. The van der Waals surface area contributed by atoms with Crippen LogP contribution in [0.1, 0.15) is 31.4 Å². The van der Waals surface area contributed by atoms with Gasteiger partial charge in [0, 0.05) is 23.7 Å². The predicted octanol–water partition coefficient (Wildman–Crippen LogP) is 2.86. The lowest BCUT2D eigenvalue weighted by molar-refractivity contribution is -0.138. The smallest absolute Gasteiger partial charge is 0.304 e. The van der Waals surface area contributed by atoms with Gasteiger partial charge in [-0.05, 0) is 6.07 Å². The van der Waals surface area contributed by atoms with Crippen LogP contribution in [0.4, 0.5) is 8.78 Å². The van der Waals surface area contributed by atoms with E-state index < -0.39 is 23.0 Å². The van der Waals surface area contributed by atoms with Gasteiger partial charge in [0.25, 0.3) is 0 Å². The van der Waals surface area contributed by atoms with Crippen molar-refractivity contribution in [2.24, 2.45) is 0 Å². The Morgan fingerprint density at radius 2 is 2.00 bits per heavy atom. The minimum Gasteiger partial charge on any atom is -0.481 e. The molecule has 0 unspecified atom stereocenters. The minimum atomic E-state index is -1.12. The first-order valence-electron chi connectivity index (χ1n) is 5.47. The van der Waals surface area contributed by atoms with Crippen molar-refractivity contribution in [2.45, 2.75) is 32.3 Å². The van der Waals surface area contributed by atoms with Gasteiger partial charge in [0.2, 0.25) is 0 Å². The standard InChI is InChI=1S/C13H16F2O3/c1-13(2,6-10(16)17)11-9(14)5-4-8(7-18-3)12(11)15/h4-5H,6-7H2,1-3H3,(H,16,17). The topological polar surface area (TPSA) is 46.5 Å². The van der Waals surface area contributed by atoms with Crippen molar-refractivity contribution in [3.8, 4) is 0 Å². The van der Waals surface area contributed by atoms with E-state index in [0.717, 1.165) is 6.07 Å². The van der Waals surface area contributed by atoms with Gasteiger partial charge in [-0.3, -0.25) is 4.79 Å². The van der Waals surface area contributed by atoms with E-state index in [2.05, 4.69) is 0 Å². The molecule has 0 aromatic heterocycles. The van der Waals surface area contributed by atoms with Crippen molar-refractivity contribution < 1.29 is 23.4 Å². The first-order chi connectivity index (χ1) is 8.29. The molecule has 0 bridgehead atoms. The highest BCUT2D eigenvalue weighted by Gasteiger charge is 2.31. The SMILES string of the molecule is COCc1ccc(F)c(C(C)(C)CC(=O)O)c1F. The number of aliphatic carboxylic acids is 1. The fraction of sp³-hybridized carbons (Fsp3) is 0.462. The highest BCUT2D eigenvalue weighted by atomic mass is 19.1. The van der Waals surface area contributed by atoms with Gasteiger partial charge in [-0.15, -0.1) is 0 Å². The van der Waals surface area contributed by atoms with Crippen LogP contribution in [-0.4, -0.2) is 18.2 Å². The number of benzene rings is 1. The van der Waals surface area contributed by atoms with Crippen LogP contribution in [0.3, 0.4) is 0 Å². The second kappa shape index (κ2) is 5.44. The highest BCUT2D eigenvalue weighted by Crippen LogP contribution is 2.33. The van der Waals surface area contributed by atoms with Crippen LogP contribution < -0.4 is 0 Å². The summed E-state index contributed by atoms with van der Waals surface area (Å²) in [5, 5.41) is 8.80. The average Bonchev–Trinajstić information content (AvgIpc) is 2.20. The number of carboxylic acid groups (broad SMARTS) is 1. The van der Waals surface area contributed by atoms with Crippen LogP contribution in [-0.2, 0) is 21.6 Å². The predicted molar refractivity (Wildman–Crippen MR) is 62.3 cm³/mol. The van der Waals surface area contributed by atoms with Gasteiger partial charge in [0.05, 0.1) is 13.0 Å². The molecule has 3 nitrogen and oxygen atoms in total. The van der Waals surface area contributed by atoms with Gasteiger partial charge >= 0.3 is 5.97 Å². The van der Waals surface area contributed by atoms with Crippen molar-refractivity contribution >= 4 is 5.97 Å². The quantitative estimate of drug-likeness (QED) is 0.883. The van der Waals surface area contributed by atoms with E-state index in [1.54, 1.807) is 0 Å². The number of rotatable bonds is 5. The van der Waals surface area contributed by atoms with E-state index in [1.807, 2.05) is 0 Å². The number of hydrogen-bond acceptors (Lipinski definition) is 2. The highest BCUT2D eigenvalue weighted by molar-refractivity contribution is 5.69. The summed E-state index contributed by atoms with van der Waals surface area (Å²) in [4.78, 5) is 10.8. The largest absolute Gasteiger partial charge is 0.481 e. The fourth-order valence-electron chi connectivity index (χ4n) is 1.95. The molecule has 0 aliphatic rings. The Labute approximate surface area is 104 Å². The summed E-state index contributed by atoms with van der Waals surface area (Å²) in [6.45, 7) is 3.01. The van der Waals surface area contributed by atoms with Crippen molar-refractivity contribution in [3.05, 3.63) is 34.9 Å². The molecule has 0 saturated carbocycles. The van der Waals surface area contributed by atoms with E-state index in [0.29, 0.717) is 0 Å². The van der Waals surface area contributed by atoms with Gasteiger partial charge in [0.15, 0.2) is 0 Å². The van der Waals surface area contributed by atoms with E-state index in [4.69, 9.17) is 9.84 Å². The Bertz CT molecular complexity index is 456. The summed E-state index contributed by atoms with van der Waals surface area (Å²) in [5.41, 5.74) is -1.11. The van der Waals surface area contributed by atoms with E-state index in [9.17, 15) is 13.6 Å². The maximum atomic E-state index is 14.2. The molecule has 1 N–H and O–H groups in total. The zero-order valence-corrected chi connectivity index (χ0v) is 10.6. The van der Waals surface area contributed by atoms with Crippen molar-refractivity contribution in [3.63, 3.8) is 0 Å². The molecule has 0 amide bonds. The molecule has 5 heteroatoms. The molecule has 0 fully saturated rings. The Morgan fingerprint density at radius 3 is 2.50 bits per heavy atom. The van der Waals surface area contributed by atoms with Gasteiger partial charge < -0.3 is 9.84 Å². The molecular formula is C13H16F2O3. The van der Waals surface area contributed by atoms with Crippen molar-refractivity contribution in [1.82, 2.24) is 0 Å². The molecule has 18 heavy (non-hydrogen) atoms. The molecular weight excluding hydrogens is 242 g/mol. The zero-order valence-electron chi connectivity index (χ0n) is 10.6. The molecule has 1 aromatic carbocycles. The van der Waals surface area contributed by atoms with Crippen LogP contribution in [0.15, 0.2) is 12.1 Å². The molecule has 0 heterocycles. The molecule has 100 valence electrons. The molecule has 0 aliphatic heterocycles. The monoisotopic (exact) mass is 258 g/mol. The molecule has 0 saturated heterocycles. The number of ether oxygens (including phenoxy) is 1. The van der Waals surface area contributed by atoms with Crippen LogP contribution in [0.25, 0.3) is 0 Å². The van der Waals surface area contributed by atoms with Gasteiger partial charge in [-0.25, -0.2) is 8.78 Å². The summed E-state index contributed by atoms with van der Waals surface area (Å²) in [5.74, 6) is -2.57. The lowest BCUT2D eigenvalue weighted by atomic mass is 9.80. The van der Waals surface area contributed by atoms with E-state index >= 15 is 0 Å². The lowest BCUT2D eigenvalue weighted by Crippen LogP contribution is -2.25. The average molecular weight is 258 g/mol. The first kappa shape index (κ1) is 14.6. The summed E-state index contributed by atoms with van der Waals surface area (Å²) in [6, 6.07) is 2.44. The minimum absolute atomic E-state index is 0.0161. The van der Waals surface area contributed by atoms with E-state index in [-0.39, 0.29) is 24.2 Å². The number of carboxylic acids is 1. The first-order valence-corrected chi connectivity index (χ1v) is 5.47. The third-order valence-corrected chi connectivity index (χ3v) is 2.74. The Kier molecular flexibility index (Phi) is 4.40. The van der Waals surface area contributed by atoms with Gasteiger partial charge in [0.1, 0.15) is 11.6 Å². The number of hydrogen-bond donors (Lipinski definition) is 1. The molecule has 0 spiro atoms. The molecule has 1 aromatic rings. The number of methoxy groups -OCH3 is 1. The summed E-state index contributed by atoms with van der Waals surface area (Å²) in [7, 11) is 1.41. The summed E-state index contributed by atoms with van der Waals surface area (Å²) in [6.07, 6.45) is -0.350. The third kappa shape index (κ3) is 3.04. The summed E-state index contributed by atoms with van der Waals surface area (Å²) < 4.78 is 32.7. The fourth-order valence-corrected chi connectivity index (χ4v) is 1.95. The van der Waals surface area contributed by atoms with Gasteiger partial charge in [-0.1, -0.05) is 19.9 Å². The lowest BCUT2D eigenvalue weighted by Gasteiger charge is -2.25. The van der Waals surface area contributed by atoms with Crippen LogP contribution in [0.2, 0.25) is 0 Å². The maximum absolute atomic E-state index is 14.2. The van der Waals surface area contributed by atoms with Crippen molar-refractivity contribution in [2.75, 3.05) is 7.11 Å². The second-order valence-electron chi connectivity index (χ2n) is 4.78. The number of carbonyl (C=O) groups is 1. The van der Waals surface area contributed by atoms with Gasteiger partial charge in [-0.2, -0.15) is 0 Å². The van der Waals surface area contributed by atoms with E-state index in [1.165, 1.54) is 27.0 Å². The number of halogens is 2. The van der Waals surface area contributed by atoms with Crippen LogP contribution in [0, 0.1) is 11.6 Å². The molecule has 1 rings (SSSR count). The Balaban J connectivity index is 3.29. The van der Waals surface area contributed by atoms with Crippen LogP contribution in [0.5, 0.6) is 0 Å². The third-order valence-electron chi connectivity index (χ3n) is 2.74.